The van der Waals surface area contributed by atoms with Crippen molar-refractivity contribution in [1.29, 1.82) is 0 Å². The van der Waals surface area contributed by atoms with E-state index in [-0.39, 0.29) is 11.3 Å². The number of halogens is 2. The fourth-order valence-corrected chi connectivity index (χ4v) is 1.77. The van der Waals surface area contributed by atoms with Gasteiger partial charge in [-0.2, -0.15) is 0 Å². The lowest BCUT2D eigenvalue weighted by molar-refractivity contribution is -0.119. The van der Waals surface area contributed by atoms with E-state index in [0.29, 0.717) is 12.8 Å². The van der Waals surface area contributed by atoms with Crippen LogP contribution in [0.1, 0.15) is 25.3 Å². The highest BCUT2D eigenvalue weighted by atomic mass is 19.1. The summed E-state index contributed by atoms with van der Waals surface area (Å²) in [7, 11) is 0. The first kappa shape index (κ1) is 9.24. The van der Waals surface area contributed by atoms with Crippen LogP contribution >= 0.6 is 0 Å². The summed E-state index contributed by atoms with van der Waals surface area (Å²) >= 11 is 0. The van der Waals surface area contributed by atoms with E-state index < -0.39 is 17.0 Å². The van der Waals surface area contributed by atoms with E-state index in [4.69, 9.17) is 0 Å². The number of hydrogen-bond donors (Lipinski definition) is 0. The van der Waals surface area contributed by atoms with E-state index in [0.717, 1.165) is 12.4 Å². The Morgan fingerprint density at radius 3 is 2.21 bits per heavy atom. The Labute approximate surface area is 80.0 Å². The summed E-state index contributed by atoms with van der Waals surface area (Å²) in [4.78, 5) is 14.7. The number of Topliss-reactive ketones (excluding diaryl/α,β-unsaturated/α-hetero) is 1. The van der Waals surface area contributed by atoms with Crippen LogP contribution in [0.3, 0.4) is 0 Å². The molecule has 1 aliphatic carbocycles. The molecule has 0 aromatic carbocycles. The third kappa shape index (κ3) is 1.14. The first-order chi connectivity index (χ1) is 6.58. The minimum absolute atomic E-state index is 0.111. The second kappa shape index (κ2) is 2.83. The Kier molecular flexibility index (Phi) is 1.87. The third-order valence-corrected chi connectivity index (χ3v) is 2.76. The van der Waals surface area contributed by atoms with Crippen LogP contribution in [-0.2, 0) is 10.2 Å². The van der Waals surface area contributed by atoms with Crippen molar-refractivity contribution in [2.75, 3.05) is 0 Å². The summed E-state index contributed by atoms with van der Waals surface area (Å²) in [6.45, 7) is 1.37. The number of aromatic nitrogens is 1. The largest absolute Gasteiger partial charge is 0.299 e. The molecule has 1 aliphatic rings. The minimum atomic E-state index is -0.906. The molecule has 1 heterocycles. The number of carbonyl (C=O) groups excluding carboxylic acids is 1. The Bertz CT molecular complexity index is 379. The number of ketones is 1. The average molecular weight is 197 g/mol. The van der Waals surface area contributed by atoms with Crippen LogP contribution in [0.4, 0.5) is 8.78 Å². The minimum Gasteiger partial charge on any atom is -0.299 e. The van der Waals surface area contributed by atoms with E-state index >= 15 is 0 Å². The van der Waals surface area contributed by atoms with Gasteiger partial charge in [0.05, 0.1) is 17.8 Å². The Balaban J connectivity index is 2.56. The molecule has 0 aliphatic heterocycles. The van der Waals surface area contributed by atoms with Crippen LogP contribution in [0, 0.1) is 11.6 Å². The molecule has 0 bridgehead atoms. The van der Waals surface area contributed by atoms with Crippen molar-refractivity contribution in [3.05, 3.63) is 29.6 Å². The number of rotatable bonds is 2. The molecule has 1 aromatic rings. The number of nitrogens with zero attached hydrogens (tertiary/aromatic N) is 1. The lowest BCUT2D eigenvalue weighted by atomic mass is 9.92. The summed E-state index contributed by atoms with van der Waals surface area (Å²) < 4.78 is 26.6. The second-order valence-electron chi connectivity index (χ2n) is 3.62. The quantitative estimate of drug-likeness (QED) is 0.725. The zero-order chi connectivity index (χ0) is 10.3. The highest BCUT2D eigenvalue weighted by Gasteiger charge is 2.52. The van der Waals surface area contributed by atoms with Gasteiger partial charge in [-0.3, -0.25) is 9.78 Å². The molecule has 14 heavy (non-hydrogen) atoms. The zero-order valence-corrected chi connectivity index (χ0v) is 7.68. The van der Waals surface area contributed by atoms with E-state index in [1.165, 1.54) is 6.92 Å². The molecule has 74 valence electrons. The molecule has 0 unspecified atom stereocenters. The van der Waals surface area contributed by atoms with Gasteiger partial charge < -0.3 is 0 Å². The predicted molar refractivity (Wildman–Crippen MR) is 45.7 cm³/mol. The van der Waals surface area contributed by atoms with Crippen molar-refractivity contribution in [2.45, 2.75) is 25.2 Å². The Morgan fingerprint density at radius 2 is 1.86 bits per heavy atom. The summed E-state index contributed by atoms with van der Waals surface area (Å²) in [6.07, 6.45) is 2.95. The molecule has 1 fully saturated rings. The van der Waals surface area contributed by atoms with E-state index in [1.54, 1.807) is 0 Å². The highest BCUT2D eigenvalue weighted by molar-refractivity contribution is 5.91. The fourth-order valence-electron chi connectivity index (χ4n) is 1.77. The van der Waals surface area contributed by atoms with Gasteiger partial charge >= 0.3 is 0 Å². The molecule has 1 saturated carbocycles. The first-order valence-corrected chi connectivity index (χ1v) is 4.38. The molecule has 0 saturated heterocycles. The van der Waals surface area contributed by atoms with Gasteiger partial charge in [0.2, 0.25) is 0 Å². The number of carbonyl (C=O) groups is 1. The van der Waals surface area contributed by atoms with Crippen molar-refractivity contribution in [2.24, 2.45) is 0 Å². The molecule has 0 N–H and O–H groups in total. The van der Waals surface area contributed by atoms with Gasteiger partial charge in [-0.1, -0.05) is 0 Å². The highest BCUT2D eigenvalue weighted by Crippen LogP contribution is 2.50. The van der Waals surface area contributed by atoms with Crippen molar-refractivity contribution >= 4 is 5.78 Å². The molecular formula is C10H9F2NO. The van der Waals surface area contributed by atoms with Crippen LogP contribution in [0.2, 0.25) is 0 Å². The zero-order valence-electron chi connectivity index (χ0n) is 7.68. The normalized spacial score (nSPS) is 17.9. The van der Waals surface area contributed by atoms with Crippen LogP contribution in [0.15, 0.2) is 12.4 Å². The van der Waals surface area contributed by atoms with Gasteiger partial charge in [0.25, 0.3) is 0 Å². The van der Waals surface area contributed by atoms with E-state index in [9.17, 15) is 13.6 Å². The summed E-state index contributed by atoms with van der Waals surface area (Å²) in [6, 6.07) is 0. The standard InChI is InChI=1S/C10H9F2NO/c1-6(14)10(2-3-10)9-7(11)4-13-5-8(9)12/h4-5H,2-3H2,1H3. The van der Waals surface area contributed by atoms with Crippen molar-refractivity contribution < 1.29 is 13.6 Å². The van der Waals surface area contributed by atoms with Crippen LogP contribution in [0.25, 0.3) is 0 Å². The van der Waals surface area contributed by atoms with Gasteiger partial charge in [0, 0.05) is 5.56 Å². The average Bonchev–Trinajstić information content (AvgIpc) is 2.85. The number of pyridine rings is 1. The topological polar surface area (TPSA) is 30.0 Å². The van der Waals surface area contributed by atoms with E-state index in [1.807, 2.05) is 0 Å². The van der Waals surface area contributed by atoms with Gasteiger partial charge in [-0.15, -0.1) is 0 Å². The molecule has 0 amide bonds. The Hall–Kier alpha value is -1.32. The number of hydrogen-bond acceptors (Lipinski definition) is 2. The van der Waals surface area contributed by atoms with Crippen molar-refractivity contribution in [1.82, 2.24) is 4.98 Å². The lowest BCUT2D eigenvalue weighted by Crippen LogP contribution is -2.20. The monoisotopic (exact) mass is 197 g/mol. The maximum atomic E-state index is 13.3. The fraction of sp³-hybridized carbons (Fsp3) is 0.400. The molecule has 0 radical (unpaired) electrons. The molecule has 2 nitrogen and oxygen atoms in total. The van der Waals surface area contributed by atoms with Gasteiger partial charge in [0.1, 0.15) is 17.4 Å². The molecule has 0 atom stereocenters. The van der Waals surface area contributed by atoms with Crippen LogP contribution in [0.5, 0.6) is 0 Å². The summed E-state index contributed by atoms with van der Waals surface area (Å²) in [5.41, 5.74) is -1.02. The van der Waals surface area contributed by atoms with Crippen molar-refractivity contribution in [3.63, 3.8) is 0 Å². The van der Waals surface area contributed by atoms with Gasteiger partial charge in [-0.25, -0.2) is 8.78 Å². The molecule has 2 rings (SSSR count). The summed E-state index contributed by atoms with van der Waals surface area (Å²) in [5, 5.41) is 0. The predicted octanol–water partition coefficient (Wildman–Crippen LogP) is 1.98. The first-order valence-electron chi connectivity index (χ1n) is 4.38. The Morgan fingerprint density at radius 1 is 1.36 bits per heavy atom. The molecule has 4 heteroatoms. The maximum absolute atomic E-state index is 13.3. The molecule has 0 spiro atoms. The molecule has 1 aromatic heterocycles. The molecular weight excluding hydrogens is 188 g/mol. The maximum Gasteiger partial charge on any atom is 0.148 e. The van der Waals surface area contributed by atoms with Gasteiger partial charge in [-0.05, 0) is 19.8 Å². The lowest BCUT2D eigenvalue weighted by Gasteiger charge is -2.12. The van der Waals surface area contributed by atoms with Crippen LogP contribution < -0.4 is 0 Å². The van der Waals surface area contributed by atoms with Gasteiger partial charge in [0.15, 0.2) is 0 Å². The summed E-state index contributed by atoms with van der Waals surface area (Å²) in [5.74, 6) is -1.63. The SMILES string of the molecule is CC(=O)C1(c2c(F)cncc2F)CC1. The second-order valence-corrected chi connectivity index (χ2v) is 3.62. The smallest absolute Gasteiger partial charge is 0.148 e. The third-order valence-electron chi connectivity index (χ3n) is 2.76. The van der Waals surface area contributed by atoms with Crippen LogP contribution in [-0.4, -0.2) is 10.8 Å². The van der Waals surface area contributed by atoms with E-state index in [2.05, 4.69) is 4.98 Å². The van der Waals surface area contributed by atoms with Crippen molar-refractivity contribution in [3.8, 4) is 0 Å².